The molecule has 10 heavy (non-hydrogen) atoms. The van der Waals surface area contributed by atoms with Crippen LogP contribution in [0.1, 0.15) is 45.4 Å². The Hall–Kier alpha value is -0.260. The second-order valence-electron chi connectivity index (χ2n) is 3.44. The van der Waals surface area contributed by atoms with Gasteiger partial charge in [-0.25, -0.2) is 0 Å². The minimum Gasteiger partial charge on any atom is -0.0885 e. The van der Waals surface area contributed by atoms with Crippen molar-refractivity contribution in [3.8, 4) is 0 Å². The Morgan fingerprint density at radius 1 is 1.00 bits per heavy atom. The zero-order chi connectivity index (χ0) is 7.23. The van der Waals surface area contributed by atoms with Gasteiger partial charge in [0.2, 0.25) is 0 Å². The summed E-state index contributed by atoms with van der Waals surface area (Å²) in [6.07, 6.45) is 13.0. The molecule has 0 radical (unpaired) electrons. The molecule has 0 heterocycles. The van der Waals surface area contributed by atoms with Crippen molar-refractivity contribution < 1.29 is 0 Å². The van der Waals surface area contributed by atoms with Gasteiger partial charge in [0.05, 0.1) is 0 Å². The zero-order valence-corrected chi connectivity index (χ0v) is 6.97. The van der Waals surface area contributed by atoms with Crippen LogP contribution in [0.15, 0.2) is 12.2 Å². The highest BCUT2D eigenvalue weighted by molar-refractivity contribution is 4.82. The van der Waals surface area contributed by atoms with Gasteiger partial charge < -0.3 is 0 Å². The van der Waals surface area contributed by atoms with Crippen LogP contribution in [-0.2, 0) is 0 Å². The van der Waals surface area contributed by atoms with Crippen molar-refractivity contribution in [1.29, 1.82) is 0 Å². The maximum atomic E-state index is 2.38. The van der Waals surface area contributed by atoms with Gasteiger partial charge >= 0.3 is 0 Å². The summed E-state index contributed by atoms with van der Waals surface area (Å²) in [5.41, 5.74) is 0. The molecule has 1 aliphatic carbocycles. The molecule has 0 amide bonds. The lowest BCUT2D eigenvalue weighted by Crippen LogP contribution is -1.92. The number of rotatable bonds is 0. The molecule has 0 aromatic heterocycles. The Bertz CT molecular complexity index is 90.6. The Morgan fingerprint density at radius 2 is 1.50 bits per heavy atom. The molecule has 0 fully saturated rings. The predicted octanol–water partition coefficient (Wildman–Crippen LogP) is 3.53. The van der Waals surface area contributed by atoms with Gasteiger partial charge in [0.25, 0.3) is 0 Å². The first-order valence-corrected chi connectivity index (χ1v) is 4.54. The topological polar surface area (TPSA) is 0 Å². The van der Waals surface area contributed by atoms with E-state index in [-0.39, 0.29) is 0 Å². The average molecular weight is 138 g/mol. The van der Waals surface area contributed by atoms with Crippen molar-refractivity contribution in [2.45, 2.75) is 45.4 Å². The Balaban J connectivity index is 2.24. The van der Waals surface area contributed by atoms with Crippen molar-refractivity contribution in [1.82, 2.24) is 0 Å². The minimum absolute atomic E-state index is 0.972. The quantitative estimate of drug-likeness (QED) is 0.449. The summed E-state index contributed by atoms with van der Waals surface area (Å²) in [5, 5.41) is 0. The third kappa shape index (κ3) is 3.05. The van der Waals surface area contributed by atoms with Crippen LogP contribution >= 0.6 is 0 Å². The lowest BCUT2D eigenvalue weighted by atomic mass is 9.99. The number of hydrogen-bond donors (Lipinski definition) is 0. The Morgan fingerprint density at radius 3 is 2.00 bits per heavy atom. The van der Waals surface area contributed by atoms with Gasteiger partial charge in [-0.2, -0.15) is 0 Å². The Labute approximate surface area is 64.3 Å². The molecule has 58 valence electrons. The standard InChI is InChI=1S/C10H18/c1-10-8-6-4-2-3-5-7-9-10/h2-3,10H,4-9H2,1H3/b3-2-. The van der Waals surface area contributed by atoms with Crippen LogP contribution in [-0.4, -0.2) is 0 Å². The van der Waals surface area contributed by atoms with Crippen LogP contribution in [0.25, 0.3) is 0 Å². The summed E-state index contributed by atoms with van der Waals surface area (Å²) in [7, 11) is 0. The molecule has 0 unspecified atom stereocenters. The molecule has 0 nitrogen and oxygen atoms in total. The van der Waals surface area contributed by atoms with E-state index in [0.29, 0.717) is 0 Å². The van der Waals surface area contributed by atoms with E-state index in [2.05, 4.69) is 19.1 Å². The van der Waals surface area contributed by atoms with Crippen molar-refractivity contribution in [3.63, 3.8) is 0 Å². The molecule has 0 atom stereocenters. The van der Waals surface area contributed by atoms with Gasteiger partial charge in [0, 0.05) is 0 Å². The van der Waals surface area contributed by atoms with Gasteiger partial charge in [-0.05, 0) is 31.6 Å². The summed E-state index contributed by atoms with van der Waals surface area (Å²) in [6, 6.07) is 0. The first kappa shape index (κ1) is 7.84. The summed E-state index contributed by atoms with van der Waals surface area (Å²) in [4.78, 5) is 0. The van der Waals surface area contributed by atoms with E-state index in [1.165, 1.54) is 38.5 Å². The van der Waals surface area contributed by atoms with Crippen LogP contribution in [0.3, 0.4) is 0 Å². The van der Waals surface area contributed by atoms with Crippen LogP contribution in [0.2, 0.25) is 0 Å². The van der Waals surface area contributed by atoms with Crippen LogP contribution in [0.5, 0.6) is 0 Å². The summed E-state index contributed by atoms with van der Waals surface area (Å²) in [6.45, 7) is 2.38. The molecule has 0 bridgehead atoms. The van der Waals surface area contributed by atoms with Crippen LogP contribution in [0, 0.1) is 5.92 Å². The lowest BCUT2D eigenvalue weighted by molar-refractivity contribution is 0.468. The van der Waals surface area contributed by atoms with Gasteiger partial charge in [0.1, 0.15) is 0 Å². The largest absolute Gasteiger partial charge is 0.0885 e. The zero-order valence-electron chi connectivity index (χ0n) is 6.97. The fraction of sp³-hybridized carbons (Fsp3) is 0.800. The van der Waals surface area contributed by atoms with Crippen LogP contribution < -0.4 is 0 Å². The van der Waals surface area contributed by atoms with Crippen molar-refractivity contribution in [3.05, 3.63) is 12.2 Å². The second kappa shape index (κ2) is 4.54. The van der Waals surface area contributed by atoms with E-state index in [4.69, 9.17) is 0 Å². The molecule has 0 saturated heterocycles. The van der Waals surface area contributed by atoms with Crippen LogP contribution in [0.4, 0.5) is 0 Å². The van der Waals surface area contributed by atoms with E-state index in [1.807, 2.05) is 0 Å². The fourth-order valence-corrected chi connectivity index (χ4v) is 1.55. The number of allylic oxidation sites excluding steroid dienone is 2. The van der Waals surface area contributed by atoms with E-state index in [0.717, 1.165) is 5.92 Å². The van der Waals surface area contributed by atoms with Gasteiger partial charge in [-0.1, -0.05) is 31.9 Å². The molecule has 1 rings (SSSR count). The SMILES string of the molecule is CC1CCC/C=C\CCC1. The maximum Gasteiger partial charge on any atom is -0.0351 e. The Kier molecular flexibility index (Phi) is 3.56. The third-order valence-electron chi connectivity index (χ3n) is 2.30. The summed E-state index contributed by atoms with van der Waals surface area (Å²) in [5.74, 6) is 0.972. The van der Waals surface area contributed by atoms with E-state index in [9.17, 15) is 0 Å². The molecular weight excluding hydrogens is 120 g/mol. The van der Waals surface area contributed by atoms with Gasteiger partial charge in [-0.3, -0.25) is 0 Å². The summed E-state index contributed by atoms with van der Waals surface area (Å²) >= 11 is 0. The first-order valence-electron chi connectivity index (χ1n) is 4.54. The molecule has 0 spiro atoms. The monoisotopic (exact) mass is 138 g/mol. The molecule has 0 N–H and O–H groups in total. The summed E-state index contributed by atoms with van der Waals surface area (Å²) < 4.78 is 0. The van der Waals surface area contributed by atoms with E-state index < -0.39 is 0 Å². The molecule has 0 aliphatic heterocycles. The van der Waals surface area contributed by atoms with E-state index >= 15 is 0 Å². The minimum atomic E-state index is 0.972. The van der Waals surface area contributed by atoms with Crippen molar-refractivity contribution >= 4 is 0 Å². The van der Waals surface area contributed by atoms with E-state index in [1.54, 1.807) is 0 Å². The second-order valence-corrected chi connectivity index (χ2v) is 3.44. The highest BCUT2D eigenvalue weighted by atomic mass is 14.1. The molecule has 0 aromatic rings. The van der Waals surface area contributed by atoms with Gasteiger partial charge in [-0.15, -0.1) is 0 Å². The van der Waals surface area contributed by atoms with Crippen molar-refractivity contribution in [2.75, 3.05) is 0 Å². The highest BCUT2D eigenvalue weighted by Gasteiger charge is 2.01. The normalized spacial score (nSPS) is 26.5. The van der Waals surface area contributed by atoms with Crippen molar-refractivity contribution in [2.24, 2.45) is 5.92 Å². The third-order valence-corrected chi connectivity index (χ3v) is 2.30. The molecule has 1 aliphatic rings. The molecule has 0 saturated carbocycles. The van der Waals surface area contributed by atoms with Gasteiger partial charge in [0.15, 0.2) is 0 Å². The highest BCUT2D eigenvalue weighted by Crippen LogP contribution is 2.17. The smallest absolute Gasteiger partial charge is 0.0351 e. The fourth-order valence-electron chi connectivity index (χ4n) is 1.55. The maximum absolute atomic E-state index is 2.38. The predicted molar refractivity (Wildman–Crippen MR) is 46.0 cm³/mol. The molecular formula is C10H18. The lowest BCUT2D eigenvalue weighted by Gasteiger charge is -2.07. The molecule has 0 aromatic carbocycles. The number of hydrogen-bond acceptors (Lipinski definition) is 0. The first-order chi connectivity index (χ1) is 4.89. The molecule has 0 heteroatoms. The average Bonchev–Trinajstić information content (AvgIpc) is 2.02.